The van der Waals surface area contributed by atoms with Gasteiger partial charge in [0.2, 0.25) is 5.91 Å². The van der Waals surface area contributed by atoms with E-state index < -0.39 is 0 Å². The second-order valence-corrected chi connectivity index (χ2v) is 5.94. The Bertz CT molecular complexity index is 337. The van der Waals surface area contributed by atoms with Crippen LogP contribution in [0.3, 0.4) is 0 Å². The van der Waals surface area contributed by atoms with Crippen molar-refractivity contribution in [3.05, 3.63) is 0 Å². The van der Waals surface area contributed by atoms with E-state index >= 15 is 0 Å². The van der Waals surface area contributed by atoms with Crippen LogP contribution in [0.25, 0.3) is 0 Å². The largest absolute Gasteiger partial charge is 0.380 e. The van der Waals surface area contributed by atoms with E-state index in [4.69, 9.17) is 9.47 Å². The summed E-state index contributed by atoms with van der Waals surface area (Å²) >= 11 is 0. The number of ether oxygens (including phenoxy) is 2. The maximum atomic E-state index is 12.5. The molecule has 3 aliphatic rings. The van der Waals surface area contributed by atoms with Gasteiger partial charge < -0.3 is 19.7 Å². The molecule has 0 aromatic heterocycles. The van der Waals surface area contributed by atoms with Gasteiger partial charge in [0.15, 0.2) is 0 Å². The van der Waals surface area contributed by atoms with Crippen LogP contribution < -0.4 is 5.32 Å². The van der Waals surface area contributed by atoms with Gasteiger partial charge in [-0.1, -0.05) is 0 Å². The maximum absolute atomic E-state index is 12.5. The molecule has 3 fully saturated rings. The number of fused-ring (bicyclic) bond motifs is 1. The molecule has 0 unspecified atom stereocenters. The number of methoxy groups -OCH3 is 1. The Balaban J connectivity index is 1.56. The average Bonchev–Trinajstić information content (AvgIpc) is 2.95. The molecule has 0 spiro atoms. The molecule has 0 bridgehead atoms. The minimum atomic E-state index is -0.0500. The van der Waals surface area contributed by atoms with Gasteiger partial charge >= 0.3 is 0 Å². The zero-order valence-electron chi connectivity index (χ0n) is 11.6. The smallest absolute Gasteiger partial charge is 0.239 e. The lowest BCUT2D eigenvalue weighted by Crippen LogP contribution is -2.52. The van der Waals surface area contributed by atoms with Crippen LogP contribution in [0.1, 0.15) is 25.7 Å². The van der Waals surface area contributed by atoms with Gasteiger partial charge in [0.05, 0.1) is 18.2 Å². The maximum Gasteiger partial charge on any atom is 0.239 e. The van der Waals surface area contributed by atoms with Gasteiger partial charge in [0, 0.05) is 39.3 Å². The first-order valence-corrected chi connectivity index (χ1v) is 7.44. The highest BCUT2D eigenvalue weighted by atomic mass is 16.5. The molecule has 0 radical (unpaired) electrons. The van der Waals surface area contributed by atoms with Crippen LogP contribution >= 0.6 is 0 Å². The molecule has 0 saturated carbocycles. The van der Waals surface area contributed by atoms with E-state index in [0.717, 1.165) is 45.5 Å². The predicted molar refractivity (Wildman–Crippen MR) is 70.9 cm³/mol. The highest BCUT2D eigenvalue weighted by molar-refractivity contribution is 5.82. The number of carbonyl (C=O) groups excluding carboxylic acids is 1. The summed E-state index contributed by atoms with van der Waals surface area (Å²) in [7, 11) is 1.71. The number of nitrogens with one attached hydrogen (secondary N) is 1. The summed E-state index contributed by atoms with van der Waals surface area (Å²) in [4.78, 5) is 14.5. The molecular weight excluding hydrogens is 244 g/mol. The van der Waals surface area contributed by atoms with Crippen molar-refractivity contribution in [1.82, 2.24) is 10.2 Å². The van der Waals surface area contributed by atoms with Crippen LogP contribution in [0.5, 0.6) is 0 Å². The van der Waals surface area contributed by atoms with Crippen LogP contribution in [0, 0.1) is 5.92 Å². The third-order valence-corrected chi connectivity index (χ3v) is 4.75. The summed E-state index contributed by atoms with van der Waals surface area (Å²) in [5, 5.41) is 3.28. The Morgan fingerprint density at radius 1 is 1.42 bits per heavy atom. The summed E-state index contributed by atoms with van der Waals surface area (Å²) in [5.41, 5.74) is 0. The van der Waals surface area contributed by atoms with E-state index in [2.05, 4.69) is 5.32 Å². The third-order valence-electron chi connectivity index (χ3n) is 4.75. The Morgan fingerprint density at radius 3 is 3.11 bits per heavy atom. The number of hydrogen-bond donors (Lipinski definition) is 1. The monoisotopic (exact) mass is 268 g/mol. The standard InChI is InChI=1S/C14H24N2O3/c1-18-11-7-12(15-8-11)14(17)16-5-4-13-10(9-16)3-2-6-19-13/h10-13,15H,2-9H2,1H3/t10-,11+,12-,13-/m1/s1. The van der Waals surface area contributed by atoms with Gasteiger partial charge in [0.1, 0.15) is 0 Å². The molecule has 108 valence electrons. The summed E-state index contributed by atoms with van der Waals surface area (Å²) < 4.78 is 11.1. The van der Waals surface area contributed by atoms with E-state index in [1.807, 2.05) is 4.90 Å². The van der Waals surface area contributed by atoms with Gasteiger partial charge in [-0.15, -0.1) is 0 Å². The zero-order chi connectivity index (χ0) is 13.2. The predicted octanol–water partition coefficient (Wildman–Crippen LogP) is 0.391. The average molecular weight is 268 g/mol. The molecule has 3 heterocycles. The molecule has 5 heteroatoms. The lowest BCUT2D eigenvalue weighted by atomic mass is 9.88. The van der Waals surface area contributed by atoms with Gasteiger partial charge in [-0.2, -0.15) is 0 Å². The van der Waals surface area contributed by atoms with Crippen molar-refractivity contribution in [3.8, 4) is 0 Å². The van der Waals surface area contributed by atoms with Gasteiger partial charge in [-0.25, -0.2) is 0 Å². The second kappa shape index (κ2) is 5.77. The van der Waals surface area contributed by atoms with Crippen molar-refractivity contribution in [2.24, 2.45) is 5.92 Å². The van der Waals surface area contributed by atoms with Crippen molar-refractivity contribution in [1.29, 1.82) is 0 Å². The zero-order valence-corrected chi connectivity index (χ0v) is 11.6. The van der Waals surface area contributed by atoms with Crippen LogP contribution in [-0.2, 0) is 14.3 Å². The third kappa shape index (κ3) is 2.78. The van der Waals surface area contributed by atoms with Gasteiger partial charge in [-0.05, 0) is 25.7 Å². The first-order chi connectivity index (χ1) is 9.28. The summed E-state index contributed by atoms with van der Waals surface area (Å²) in [6.45, 7) is 3.40. The van der Waals surface area contributed by atoms with E-state index in [9.17, 15) is 4.79 Å². The van der Waals surface area contributed by atoms with Crippen LogP contribution in [0.4, 0.5) is 0 Å². The van der Waals surface area contributed by atoms with Gasteiger partial charge in [0.25, 0.3) is 0 Å². The van der Waals surface area contributed by atoms with Crippen LogP contribution in [-0.4, -0.2) is 62.4 Å². The lowest BCUT2D eigenvalue weighted by molar-refractivity contribution is -0.140. The Kier molecular flexibility index (Phi) is 4.05. The molecule has 1 amide bonds. The quantitative estimate of drug-likeness (QED) is 0.787. The number of nitrogens with zero attached hydrogens (tertiary/aromatic N) is 1. The normalized spacial score (nSPS) is 39.1. The highest BCUT2D eigenvalue weighted by Crippen LogP contribution is 2.29. The summed E-state index contributed by atoms with van der Waals surface area (Å²) in [6, 6.07) is -0.0500. The second-order valence-electron chi connectivity index (χ2n) is 5.94. The molecule has 5 nitrogen and oxygen atoms in total. The number of amides is 1. The molecule has 3 aliphatic heterocycles. The van der Waals surface area contributed by atoms with E-state index in [1.54, 1.807) is 7.11 Å². The number of piperidine rings is 1. The molecule has 0 aliphatic carbocycles. The Labute approximate surface area is 114 Å². The minimum absolute atomic E-state index is 0.0500. The van der Waals surface area contributed by atoms with Crippen LogP contribution in [0.2, 0.25) is 0 Å². The Hall–Kier alpha value is -0.650. The molecule has 19 heavy (non-hydrogen) atoms. The minimum Gasteiger partial charge on any atom is -0.380 e. The van der Waals surface area contributed by atoms with Gasteiger partial charge in [-0.3, -0.25) is 4.79 Å². The Morgan fingerprint density at radius 2 is 2.32 bits per heavy atom. The molecular formula is C14H24N2O3. The fourth-order valence-corrected chi connectivity index (χ4v) is 3.58. The first kappa shape index (κ1) is 13.3. The molecule has 0 aromatic rings. The molecule has 3 rings (SSSR count). The molecule has 3 saturated heterocycles. The SMILES string of the molecule is CO[C@@H]1CN[C@@H](C(=O)N2CC[C@H]3OCCC[C@@H]3C2)C1. The fraction of sp³-hybridized carbons (Fsp3) is 0.929. The van der Waals surface area contributed by atoms with Crippen molar-refractivity contribution in [2.75, 3.05) is 33.4 Å². The van der Waals surface area contributed by atoms with E-state index in [1.165, 1.54) is 6.42 Å². The first-order valence-electron chi connectivity index (χ1n) is 7.44. The highest BCUT2D eigenvalue weighted by Gasteiger charge is 2.38. The van der Waals surface area contributed by atoms with Crippen molar-refractivity contribution >= 4 is 5.91 Å². The fourth-order valence-electron chi connectivity index (χ4n) is 3.58. The topological polar surface area (TPSA) is 50.8 Å². The molecule has 1 N–H and O–H groups in total. The number of hydrogen-bond acceptors (Lipinski definition) is 4. The van der Waals surface area contributed by atoms with Crippen molar-refractivity contribution in [3.63, 3.8) is 0 Å². The summed E-state index contributed by atoms with van der Waals surface area (Å²) in [5.74, 6) is 0.801. The number of carbonyl (C=O) groups is 1. The molecule has 4 atom stereocenters. The van der Waals surface area contributed by atoms with Crippen molar-refractivity contribution in [2.45, 2.75) is 43.9 Å². The lowest BCUT2D eigenvalue weighted by Gasteiger charge is -2.41. The van der Waals surface area contributed by atoms with Crippen molar-refractivity contribution < 1.29 is 14.3 Å². The number of likely N-dealkylation sites (tertiary alicyclic amines) is 1. The molecule has 0 aromatic carbocycles. The summed E-state index contributed by atoms with van der Waals surface area (Å²) in [6.07, 6.45) is 4.71. The van der Waals surface area contributed by atoms with E-state index in [0.29, 0.717) is 12.0 Å². The van der Waals surface area contributed by atoms with Crippen LogP contribution in [0.15, 0.2) is 0 Å². The number of rotatable bonds is 2. The van der Waals surface area contributed by atoms with E-state index in [-0.39, 0.29) is 18.1 Å².